The van der Waals surface area contributed by atoms with E-state index in [2.05, 4.69) is 9.71 Å². The summed E-state index contributed by atoms with van der Waals surface area (Å²) >= 11 is 1.21. The number of nitrogens with zero attached hydrogens (tertiary/aromatic N) is 1. The molecule has 0 aliphatic rings. The molecular formula is C16H13F3N2O3S2. The third-order valence-corrected chi connectivity index (χ3v) is 6.16. The van der Waals surface area contributed by atoms with E-state index in [-0.39, 0.29) is 6.54 Å². The number of sulfonamides is 1. The van der Waals surface area contributed by atoms with Gasteiger partial charge in [-0.25, -0.2) is 18.1 Å². The van der Waals surface area contributed by atoms with Crippen LogP contribution in [-0.2, 0) is 22.7 Å². The second kappa shape index (κ2) is 6.86. The van der Waals surface area contributed by atoms with E-state index in [4.69, 9.17) is 4.42 Å². The molecule has 2 heterocycles. The minimum Gasteiger partial charge on any atom is -0.462 e. The maximum atomic E-state index is 13.1. The van der Waals surface area contributed by atoms with Crippen molar-refractivity contribution in [1.82, 2.24) is 9.71 Å². The molecular weight excluding hydrogens is 389 g/mol. The predicted molar refractivity (Wildman–Crippen MR) is 90.0 cm³/mol. The van der Waals surface area contributed by atoms with E-state index in [0.717, 1.165) is 18.2 Å². The molecule has 0 bridgehead atoms. The van der Waals surface area contributed by atoms with Crippen molar-refractivity contribution in [3.63, 3.8) is 0 Å². The number of thiazole rings is 1. The van der Waals surface area contributed by atoms with Gasteiger partial charge in [0.2, 0.25) is 10.0 Å². The summed E-state index contributed by atoms with van der Waals surface area (Å²) in [5.41, 5.74) is -0.627. The molecule has 2 aromatic heterocycles. The minimum atomic E-state index is -4.77. The van der Waals surface area contributed by atoms with Crippen LogP contribution >= 0.6 is 11.3 Å². The van der Waals surface area contributed by atoms with Crippen molar-refractivity contribution in [1.29, 1.82) is 0 Å². The number of hydrogen-bond acceptors (Lipinski definition) is 5. The van der Waals surface area contributed by atoms with Crippen LogP contribution in [0.25, 0.3) is 10.8 Å². The number of benzene rings is 1. The van der Waals surface area contributed by atoms with Crippen molar-refractivity contribution in [3.8, 4) is 10.8 Å². The van der Waals surface area contributed by atoms with Crippen molar-refractivity contribution in [2.45, 2.75) is 24.5 Å². The van der Waals surface area contributed by atoms with Gasteiger partial charge in [-0.1, -0.05) is 12.1 Å². The normalized spacial score (nSPS) is 12.5. The van der Waals surface area contributed by atoms with E-state index in [9.17, 15) is 21.6 Å². The van der Waals surface area contributed by atoms with Gasteiger partial charge in [-0.15, -0.1) is 11.3 Å². The molecule has 0 fully saturated rings. The Morgan fingerprint density at radius 3 is 2.58 bits per heavy atom. The van der Waals surface area contributed by atoms with Crippen LogP contribution in [-0.4, -0.2) is 13.4 Å². The molecule has 0 amide bonds. The Morgan fingerprint density at radius 2 is 1.92 bits per heavy atom. The lowest BCUT2D eigenvalue weighted by Gasteiger charge is -2.13. The third-order valence-electron chi connectivity index (χ3n) is 3.53. The van der Waals surface area contributed by atoms with E-state index < -0.39 is 26.7 Å². The highest BCUT2D eigenvalue weighted by Crippen LogP contribution is 2.34. The molecule has 0 aliphatic heterocycles. The Bertz CT molecular complexity index is 1010. The number of halogens is 3. The van der Waals surface area contributed by atoms with Crippen LogP contribution in [0.15, 0.2) is 52.0 Å². The number of rotatable bonds is 5. The molecule has 0 radical (unpaired) electrons. The molecule has 138 valence electrons. The molecule has 1 aromatic carbocycles. The van der Waals surface area contributed by atoms with Gasteiger partial charge >= 0.3 is 6.18 Å². The van der Waals surface area contributed by atoms with Gasteiger partial charge in [-0.05, 0) is 31.2 Å². The maximum absolute atomic E-state index is 13.1. The molecule has 1 N–H and O–H groups in total. The molecule has 3 rings (SSSR count). The van der Waals surface area contributed by atoms with E-state index in [0.29, 0.717) is 21.3 Å². The maximum Gasteiger partial charge on any atom is 0.417 e. The fraction of sp³-hybridized carbons (Fsp3) is 0.188. The van der Waals surface area contributed by atoms with Gasteiger partial charge in [-0.3, -0.25) is 0 Å². The van der Waals surface area contributed by atoms with Crippen LogP contribution in [0.4, 0.5) is 13.2 Å². The zero-order chi connectivity index (χ0) is 18.9. The molecule has 10 heteroatoms. The highest BCUT2D eigenvalue weighted by Gasteiger charge is 2.36. The highest BCUT2D eigenvalue weighted by molar-refractivity contribution is 7.89. The monoisotopic (exact) mass is 402 g/mol. The molecule has 0 atom stereocenters. The summed E-state index contributed by atoms with van der Waals surface area (Å²) in [6, 6.07) is 7.47. The van der Waals surface area contributed by atoms with Crippen LogP contribution in [0.5, 0.6) is 0 Å². The van der Waals surface area contributed by atoms with Crippen LogP contribution in [0.1, 0.15) is 16.1 Å². The topological polar surface area (TPSA) is 72.2 Å². The van der Waals surface area contributed by atoms with E-state index in [1.54, 1.807) is 19.1 Å². The molecule has 0 saturated heterocycles. The van der Waals surface area contributed by atoms with Crippen molar-refractivity contribution in [2.75, 3.05) is 0 Å². The Labute approximate surface area is 151 Å². The molecule has 26 heavy (non-hydrogen) atoms. The van der Waals surface area contributed by atoms with Crippen LogP contribution in [0.3, 0.4) is 0 Å². The second-order valence-electron chi connectivity index (χ2n) is 5.32. The Balaban J connectivity index is 1.84. The van der Waals surface area contributed by atoms with Gasteiger partial charge in [0.05, 0.1) is 22.4 Å². The molecule has 0 aliphatic carbocycles. The average Bonchev–Trinajstić information content (AvgIpc) is 3.22. The first-order valence-corrected chi connectivity index (χ1v) is 9.64. The fourth-order valence-corrected chi connectivity index (χ4v) is 4.55. The second-order valence-corrected chi connectivity index (χ2v) is 8.14. The quantitative estimate of drug-likeness (QED) is 0.694. The summed E-state index contributed by atoms with van der Waals surface area (Å²) < 4.78 is 71.4. The standard InChI is InChI=1S/C16H13F3N2O3S2/c1-10-13(25-15(21-10)12-6-4-8-24-12)9-20-26(22,23)14-7-3-2-5-11(14)16(17,18)19/h2-8,20H,9H2,1H3. The Hall–Kier alpha value is -2.17. The first kappa shape index (κ1) is 18.6. The number of alkyl halides is 3. The Kier molecular flexibility index (Phi) is 4.91. The zero-order valence-electron chi connectivity index (χ0n) is 13.4. The van der Waals surface area contributed by atoms with Crippen LogP contribution in [0, 0.1) is 6.92 Å². The molecule has 3 aromatic rings. The lowest BCUT2D eigenvalue weighted by molar-refractivity contribution is -0.139. The molecule has 5 nitrogen and oxygen atoms in total. The summed E-state index contributed by atoms with van der Waals surface area (Å²) in [5.74, 6) is 0.537. The lowest BCUT2D eigenvalue weighted by Crippen LogP contribution is -2.26. The summed E-state index contributed by atoms with van der Waals surface area (Å²) in [4.78, 5) is 4.08. The number of furan rings is 1. The molecule has 0 saturated carbocycles. The largest absolute Gasteiger partial charge is 0.462 e. The van der Waals surface area contributed by atoms with Gasteiger partial charge in [0.25, 0.3) is 0 Å². The highest BCUT2D eigenvalue weighted by atomic mass is 32.2. The first-order chi connectivity index (χ1) is 12.2. The van der Waals surface area contributed by atoms with E-state index in [1.807, 2.05) is 0 Å². The number of hydrogen-bond donors (Lipinski definition) is 1. The fourth-order valence-electron chi connectivity index (χ4n) is 2.27. The first-order valence-electron chi connectivity index (χ1n) is 7.34. The summed E-state index contributed by atoms with van der Waals surface area (Å²) in [6.07, 6.45) is -3.28. The molecule has 0 spiro atoms. The zero-order valence-corrected chi connectivity index (χ0v) is 15.0. The lowest BCUT2D eigenvalue weighted by atomic mass is 10.2. The van der Waals surface area contributed by atoms with Crippen molar-refractivity contribution >= 4 is 21.4 Å². The van der Waals surface area contributed by atoms with E-state index in [1.165, 1.54) is 23.7 Å². The van der Waals surface area contributed by atoms with Gasteiger partial charge in [-0.2, -0.15) is 13.2 Å². The average molecular weight is 402 g/mol. The van der Waals surface area contributed by atoms with Crippen LogP contribution < -0.4 is 4.72 Å². The number of aryl methyl sites for hydroxylation is 1. The van der Waals surface area contributed by atoms with Gasteiger partial charge in [0.15, 0.2) is 10.8 Å². The number of aromatic nitrogens is 1. The predicted octanol–water partition coefficient (Wildman–Crippen LogP) is 4.21. The van der Waals surface area contributed by atoms with Crippen LogP contribution in [0.2, 0.25) is 0 Å². The smallest absolute Gasteiger partial charge is 0.417 e. The third kappa shape index (κ3) is 3.81. The number of nitrogens with one attached hydrogen (secondary N) is 1. The van der Waals surface area contributed by atoms with Gasteiger partial charge in [0, 0.05) is 11.4 Å². The van der Waals surface area contributed by atoms with E-state index >= 15 is 0 Å². The van der Waals surface area contributed by atoms with Gasteiger partial charge < -0.3 is 4.42 Å². The summed E-state index contributed by atoms with van der Waals surface area (Å²) in [7, 11) is -4.35. The van der Waals surface area contributed by atoms with Crippen molar-refractivity contribution in [2.24, 2.45) is 0 Å². The SMILES string of the molecule is Cc1nc(-c2ccco2)sc1CNS(=O)(=O)c1ccccc1C(F)(F)F. The van der Waals surface area contributed by atoms with Gasteiger partial charge in [0.1, 0.15) is 0 Å². The molecule has 0 unspecified atom stereocenters. The van der Waals surface area contributed by atoms with Crippen molar-refractivity contribution < 1.29 is 26.0 Å². The van der Waals surface area contributed by atoms with Crippen molar-refractivity contribution in [3.05, 3.63) is 58.8 Å². The minimum absolute atomic E-state index is 0.168. The summed E-state index contributed by atoms with van der Waals surface area (Å²) in [6.45, 7) is 1.52. The summed E-state index contributed by atoms with van der Waals surface area (Å²) in [5, 5.41) is 0.567. The Morgan fingerprint density at radius 1 is 1.19 bits per heavy atom.